The van der Waals surface area contributed by atoms with Crippen LogP contribution in [0.1, 0.15) is 23.6 Å². The normalized spacial score (nSPS) is 14.7. The molecule has 8 heteroatoms. The maximum atomic E-state index is 13.1. The van der Waals surface area contributed by atoms with Gasteiger partial charge in [0.05, 0.1) is 18.1 Å². The van der Waals surface area contributed by atoms with Crippen LogP contribution in [0.15, 0.2) is 71.6 Å². The van der Waals surface area contributed by atoms with Crippen molar-refractivity contribution in [3.63, 3.8) is 0 Å². The second-order valence-electron chi connectivity index (χ2n) is 7.45. The van der Waals surface area contributed by atoms with Gasteiger partial charge in [-0.1, -0.05) is 41.9 Å². The number of thioether (sulfide) groups is 1. The zero-order chi connectivity index (χ0) is 24.1. The van der Waals surface area contributed by atoms with Crippen molar-refractivity contribution in [3.05, 3.63) is 99.2 Å². The molecule has 1 heterocycles. The number of imide groups is 1. The molecule has 0 bridgehead atoms. The molecule has 1 fully saturated rings. The maximum absolute atomic E-state index is 13.1. The summed E-state index contributed by atoms with van der Waals surface area (Å²) in [5.74, 6) is 0.345. The fraction of sp³-hybridized carbons (Fsp3) is 0.154. The monoisotopic (exact) mass is 497 g/mol. The molecule has 0 unspecified atom stereocenters. The first-order valence-corrected chi connectivity index (χ1v) is 11.8. The van der Waals surface area contributed by atoms with Gasteiger partial charge in [-0.15, -0.1) is 0 Å². The second kappa shape index (κ2) is 10.8. The minimum atomic E-state index is -0.389. The van der Waals surface area contributed by atoms with Gasteiger partial charge >= 0.3 is 0 Å². The number of rotatable bonds is 8. The Morgan fingerprint density at radius 2 is 1.65 bits per heavy atom. The Morgan fingerprint density at radius 3 is 2.35 bits per heavy atom. The molecule has 1 aliphatic heterocycles. The van der Waals surface area contributed by atoms with Crippen LogP contribution in [-0.2, 0) is 17.9 Å². The Hall–Kier alpha value is -3.29. The summed E-state index contributed by atoms with van der Waals surface area (Å²) < 4.78 is 24.8. The van der Waals surface area contributed by atoms with E-state index in [0.717, 1.165) is 22.2 Å². The van der Waals surface area contributed by atoms with E-state index in [0.29, 0.717) is 45.8 Å². The quantitative estimate of drug-likeness (QED) is 0.324. The van der Waals surface area contributed by atoms with E-state index in [-0.39, 0.29) is 23.5 Å². The Bertz CT molecular complexity index is 1230. The SMILES string of the molecule is CCOc1cc(/C=C2/SC(=O)N(Cc3ccc(F)cc3)C2=O)ccc1OCc1ccc(Cl)cc1. The number of nitrogens with zero attached hydrogens (tertiary/aromatic N) is 1. The third kappa shape index (κ3) is 5.79. The van der Waals surface area contributed by atoms with Crippen LogP contribution in [0.4, 0.5) is 9.18 Å². The highest BCUT2D eigenvalue weighted by molar-refractivity contribution is 8.18. The average molecular weight is 498 g/mol. The molecule has 174 valence electrons. The smallest absolute Gasteiger partial charge is 0.293 e. The van der Waals surface area contributed by atoms with Crippen molar-refractivity contribution in [1.82, 2.24) is 4.90 Å². The third-order valence-electron chi connectivity index (χ3n) is 5.00. The van der Waals surface area contributed by atoms with Crippen molar-refractivity contribution >= 4 is 40.6 Å². The minimum absolute atomic E-state index is 0.0873. The van der Waals surface area contributed by atoms with Gasteiger partial charge in [0.15, 0.2) is 11.5 Å². The van der Waals surface area contributed by atoms with E-state index in [1.54, 1.807) is 48.5 Å². The van der Waals surface area contributed by atoms with Crippen molar-refractivity contribution in [2.45, 2.75) is 20.1 Å². The average Bonchev–Trinajstić information content (AvgIpc) is 3.08. The van der Waals surface area contributed by atoms with Crippen LogP contribution in [-0.4, -0.2) is 22.7 Å². The van der Waals surface area contributed by atoms with Crippen LogP contribution in [0.25, 0.3) is 6.08 Å². The fourth-order valence-electron chi connectivity index (χ4n) is 3.30. The molecule has 0 spiro atoms. The lowest BCUT2D eigenvalue weighted by atomic mass is 10.1. The molecule has 2 amide bonds. The van der Waals surface area contributed by atoms with Crippen molar-refractivity contribution in [3.8, 4) is 11.5 Å². The molecule has 34 heavy (non-hydrogen) atoms. The second-order valence-corrected chi connectivity index (χ2v) is 8.88. The molecule has 0 atom stereocenters. The van der Waals surface area contributed by atoms with Crippen LogP contribution in [0.3, 0.4) is 0 Å². The van der Waals surface area contributed by atoms with E-state index < -0.39 is 0 Å². The number of benzene rings is 3. The van der Waals surface area contributed by atoms with Crippen LogP contribution in [0.5, 0.6) is 11.5 Å². The molecule has 0 radical (unpaired) electrons. The van der Waals surface area contributed by atoms with Crippen molar-refractivity contribution in [1.29, 1.82) is 0 Å². The highest BCUT2D eigenvalue weighted by Gasteiger charge is 2.35. The summed E-state index contributed by atoms with van der Waals surface area (Å²) in [4.78, 5) is 26.7. The van der Waals surface area contributed by atoms with Gasteiger partial charge < -0.3 is 9.47 Å². The van der Waals surface area contributed by atoms with E-state index >= 15 is 0 Å². The van der Waals surface area contributed by atoms with Gasteiger partial charge in [-0.25, -0.2) is 4.39 Å². The zero-order valence-electron chi connectivity index (χ0n) is 18.3. The summed E-state index contributed by atoms with van der Waals surface area (Å²) in [6, 6.07) is 18.4. The Kier molecular flexibility index (Phi) is 7.55. The first kappa shape index (κ1) is 23.9. The van der Waals surface area contributed by atoms with Crippen molar-refractivity contribution in [2.24, 2.45) is 0 Å². The summed E-state index contributed by atoms with van der Waals surface area (Å²) in [6.07, 6.45) is 1.65. The van der Waals surface area contributed by atoms with Gasteiger partial charge in [0, 0.05) is 5.02 Å². The summed E-state index contributed by atoms with van der Waals surface area (Å²) in [5.41, 5.74) is 2.34. The molecule has 0 aliphatic carbocycles. The molecule has 0 saturated carbocycles. The number of carbonyl (C=O) groups is 2. The predicted molar refractivity (Wildman–Crippen MR) is 131 cm³/mol. The van der Waals surface area contributed by atoms with Crippen LogP contribution >= 0.6 is 23.4 Å². The van der Waals surface area contributed by atoms with Crippen molar-refractivity contribution < 1.29 is 23.5 Å². The van der Waals surface area contributed by atoms with Gasteiger partial charge in [0.25, 0.3) is 11.1 Å². The molecule has 3 aromatic carbocycles. The lowest BCUT2D eigenvalue weighted by molar-refractivity contribution is -0.123. The first-order valence-electron chi connectivity index (χ1n) is 10.6. The molecule has 0 aromatic heterocycles. The van der Waals surface area contributed by atoms with E-state index in [1.807, 2.05) is 19.1 Å². The largest absolute Gasteiger partial charge is 0.490 e. The van der Waals surface area contributed by atoms with Gasteiger partial charge in [-0.2, -0.15) is 0 Å². The summed E-state index contributed by atoms with van der Waals surface area (Å²) >= 11 is 6.80. The predicted octanol–water partition coefficient (Wildman–Crippen LogP) is 6.69. The molecular formula is C26H21ClFNO4S. The fourth-order valence-corrected chi connectivity index (χ4v) is 4.27. The number of ether oxygens (including phenoxy) is 2. The highest BCUT2D eigenvalue weighted by Crippen LogP contribution is 2.35. The molecule has 5 nitrogen and oxygen atoms in total. The molecule has 4 rings (SSSR count). The summed E-state index contributed by atoms with van der Waals surface area (Å²) in [7, 11) is 0. The van der Waals surface area contributed by atoms with E-state index in [2.05, 4.69) is 0 Å². The van der Waals surface area contributed by atoms with Crippen LogP contribution < -0.4 is 9.47 Å². The number of hydrogen-bond donors (Lipinski definition) is 0. The summed E-state index contributed by atoms with van der Waals surface area (Å²) in [6.45, 7) is 2.74. The maximum Gasteiger partial charge on any atom is 0.293 e. The Balaban J connectivity index is 1.49. The minimum Gasteiger partial charge on any atom is -0.490 e. The molecule has 1 aliphatic rings. The third-order valence-corrected chi connectivity index (χ3v) is 6.16. The van der Waals surface area contributed by atoms with Gasteiger partial charge in [0.1, 0.15) is 12.4 Å². The number of hydrogen-bond acceptors (Lipinski definition) is 5. The number of carbonyl (C=O) groups excluding carboxylic acids is 2. The van der Waals surface area contributed by atoms with E-state index in [4.69, 9.17) is 21.1 Å². The van der Waals surface area contributed by atoms with E-state index in [1.165, 1.54) is 12.1 Å². The van der Waals surface area contributed by atoms with Crippen LogP contribution in [0.2, 0.25) is 5.02 Å². The first-order chi connectivity index (χ1) is 16.4. The van der Waals surface area contributed by atoms with Crippen LogP contribution in [0, 0.1) is 5.82 Å². The van der Waals surface area contributed by atoms with Crippen molar-refractivity contribution in [2.75, 3.05) is 6.61 Å². The molecular weight excluding hydrogens is 477 g/mol. The molecule has 0 N–H and O–H groups in total. The van der Waals surface area contributed by atoms with Gasteiger partial charge in [-0.05, 0) is 77.9 Å². The Labute approximate surface area is 206 Å². The lowest BCUT2D eigenvalue weighted by Gasteiger charge is -2.13. The Morgan fingerprint density at radius 1 is 0.941 bits per heavy atom. The van der Waals surface area contributed by atoms with Gasteiger partial charge in [-0.3, -0.25) is 14.5 Å². The highest BCUT2D eigenvalue weighted by atomic mass is 35.5. The van der Waals surface area contributed by atoms with Gasteiger partial charge in [0.2, 0.25) is 0 Å². The molecule has 1 saturated heterocycles. The standard InChI is InChI=1S/C26H21ClFNO4S/c1-2-32-23-13-19(7-12-22(23)33-16-18-3-8-20(27)9-4-18)14-24-25(30)29(26(31)34-24)15-17-5-10-21(28)11-6-17/h3-14H,2,15-16H2,1H3/b24-14+. The zero-order valence-corrected chi connectivity index (χ0v) is 19.9. The lowest BCUT2D eigenvalue weighted by Crippen LogP contribution is -2.27. The topological polar surface area (TPSA) is 55.8 Å². The number of halogens is 2. The number of amides is 2. The molecule has 3 aromatic rings. The summed E-state index contributed by atoms with van der Waals surface area (Å²) in [5, 5.41) is 0.290. The van der Waals surface area contributed by atoms with E-state index in [9.17, 15) is 14.0 Å².